The molecular formula is C25H25BrF5N3O3Si. The smallest absolute Gasteiger partial charge is 0.395 e. The molecule has 38 heavy (non-hydrogen) atoms. The van der Waals surface area contributed by atoms with E-state index in [0.717, 1.165) is 36.4 Å². The van der Waals surface area contributed by atoms with Crippen molar-refractivity contribution in [3.05, 3.63) is 81.1 Å². The summed E-state index contributed by atoms with van der Waals surface area (Å²) in [6.45, 7) is 6.53. The topological polar surface area (TPSA) is 86.3 Å². The summed E-state index contributed by atoms with van der Waals surface area (Å²) in [5.41, 5.74) is 2.15. The first-order valence-electron chi connectivity index (χ1n) is 11.3. The number of nitrogens with two attached hydrogens (primary N) is 1. The predicted octanol–water partition coefficient (Wildman–Crippen LogP) is 6.93. The number of carbonyl (C=O) groups excluding carboxylic acids is 2. The third-order valence-electron chi connectivity index (χ3n) is 5.54. The van der Waals surface area contributed by atoms with Crippen LogP contribution >= 0.6 is 15.9 Å². The fraction of sp³-hybridized carbons (Fsp3) is 0.280. The summed E-state index contributed by atoms with van der Waals surface area (Å²) >= 11 is 2.82. The van der Waals surface area contributed by atoms with Crippen LogP contribution in [0.4, 0.5) is 33.3 Å². The maximum Gasteiger partial charge on any atom is 0.417 e. The van der Waals surface area contributed by atoms with E-state index >= 15 is 0 Å². The second kappa shape index (κ2) is 11.4. The molecular weight excluding hydrogens is 593 g/mol. The number of aromatic nitrogens is 1. The normalized spacial score (nSPS) is 12.0. The van der Waals surface area contributed by atoms with E-state index in [1.165, 1.54) is 16.8 Å². The molecule has 0 fully saturated rings. The molecule has 0 atom stereocenters. The minimum absolute atomic E-state index is 0.214. The number of nitrogens with one attached hydrogen (secondary N) is 1. The number of amides is 1. The lowest BCUT2D eigenvalue weighted by Gasteiger charge is -2.16. The number of nitrogen functional groups attached to an aromatic ring is 1. The molecule has 1 aromatic heterocycles. The first-order valence-corrected chi connectivity index (χ1v) is 15.8. The fourth-order valence-corrected chi connectivity index (χ4v) is 4.65. The highest BCUT2D eigenvalue weighted by atomic mass is 79.9. The molecule has 204 valence electrons. The fourth-order valence-electron chi connectivity index (χ4n) is 3.48. The molecule has 2 aromatic carbocycles. The molecule has 3 aromatic rings. The van der Waals surface area contributed by atoms with Crippen molar-refractivity contribution >= 4 is 47.1 Å². The first-order chi connectivity index (χ1) is 17.6. The number of ether oxygens (including phenoxy) is 1. The van der Waals surface area contributed by atoms with E-state index in [9.17, 15) is 31.5 Å². The standard InChI is InChI=1S/C25H25BrF5N3O3Si/c1-38(2,3)9-8-37-13-34-12-14(23(35)15-6-4-5-7-16(15)25(29,30)31)10-19(34)24(36)33-22-18(27)11-17(26)20(28)21(22)32/h4-7,10-12H,8-9,13,32H2,1-3H3,(H,33,36). The van der Waals surface area contributed by atoms with E-state index in [1.54, 1.807) is 0 Å². The average Bonchev–Trinajstić information content (AvgIpc) is 3.26. The van der Waals surface area contributed by atoms with E-state index in [2.05, 4.69) is 40.9 Å². The van der Waals surface area contributed by atoms with Crippen molar-refractivity contribution in [3.8, 4) is 0 Å². The monoisotopic (exact) mass is 617 g/mol. The molecule has 13 heteroatoms. The van der Waals surface area contributed by atoms with Gasteiger partial charge in [0.05, 0.1) is 15.7 Å². The quantitative estimate of drug-likeness (QED) is 0.0681. The Kier molecular flexibility index (Phi) is 8.84. The Hall–Kier alpha value is -3.03. The summed E-state index contributed by atoms with van der Waals surface area (Å²) in [5, 5.41) is 2.18. The highest BCUT2D eigenvalue weighted by molar-refractivity contribution is 9.10. The van der Waals surface area contributed by atoms with Crippen LogP contribution in [-0.2, 0) is 17.6 Å². The zero-order valence-corrected chi connectivity index (χ0v) is 23.3. The van der Waals surface area contributed by atoms with E-state index < -0.39 is 60.1 Å². The largest absolute Gasteiger partial charge is 0.417 e. The van der Waals surface area contributed by atoms with Gasteiger partial charge in [-0.2, -0.15) is 13.2 Å². The lowest BCUT2D eigenvalue weighted by molar-refractivity contribution is -0.137. The van der Waals surface area contributed by atoms with Crippen molar-refractivity contribution in [2.45, 2.75) is 38.6 Å². The minimum Gasteiger partial charge on any atom is -0.395 e. The van der Waals surface area contributed by atoms with Crippen LogP contribution in [0.25, 0.3) is 0 Å². The van der Waals surface area contributed by atoms with Gasteiger partial charge in [0, 0.05) is 32.0 Å². The van der Waals surface area contributed by atoms with Gasteiger partial charge in [0.15, 0.2) is 11.6 Å². The summed E-state index contributed by atoms with van der Waals surface area (Å²) in [7, 11) is -1.45. The second-order valence-electron chi connectivity index (χ2n) is 9.70. The van der Waals surface area contributed by atoms with Crippen LogP contribution in [0.2, 0.25) is 25.7 Å². The summed E-state index contributed by atoms with van der Waals surface area (Å²) in [5.74, 6) is -3.97. The van der Waals surface area contributed by atoms with Gasteiger partial charge in [0.1, 0.15) is 23.9 Å². The van der Waals surface area contributed by atoms with Gasteiger partial charge in [-0.1, -0.05) is 37.8 Å². The summed E-state index contributed by atoms with van der Waals surface area (Å²) in [6.07, 6.45) is -3.60. The Labute approximate surface area is 225 Å². The maximum atomic E-state index is 14.5. The zero-order valence-electron chi connectivity index (χ0n) is 20.7. The number of halogens is 6. The van der Waals surface area contributed by atoms with Gasteiger partial charge in [-0.05, 0) is 40.2 Å². The number of alkyl halides is 3. The number of hydrogen-bond acceptors (Lipinski definition) is 4. The molecule has 3 N–H and O–H groups in total. The number of ketones is 1. The van der Waals surface area contributed by atoms with E-state index in [0.29, 0.717) is 6.61 Å². The number of carbonyl (C=O) groups is 2. The van der Waals surface area contributed by atoms with Crippen molar-refractivity contribution < 1.29 is 36.3 Å². The second-order valence-corrected chi connectivity index (χ2v) is 16.2. The lowest BCUT2D eigenvalue weighted by Crippen LogP contribution is -2.23. The molecule has 1 amide bonds. The van der Waals surface area contributed by atoms with Crippen LogP contribution in [-0.4, -0.2) is 30.9 Å². The third-order valence-corrected chi connectivity index (χ3v) is 7.82. The zero-order chi connectivity index (χ0) is 28.4. The van der Waals surface area contributed by atoms with Crippen LogP contribution in [0.3, 0.4) is 0 Å². The molecule has 0 saturated heterocycles. The van der Waals surface area contributed by atoms with Crippen LogP contribution < -0.4 is 11.1 Å². The number of benzene rings is 2. The first kappa shape index (κ1) is 29.5. The minimum atomic E-state index is -4.78. The Bertz CT molecular complexity index is 1370. The van der Waals surface area contributed by atoms with Crippen molar-refractivity contribution in [1.29, 1.82) is 0 Å². The Balaban J connectivity index is 1.99. The van der Waals surface area contributed by atoms with Gasteiger partial charge in [0.2, 0.25) is 0 Å². The van der Waals surface area contributed by atoms with Gasteiger partial charge in [0.25, 0.3) is 5.91 Å². The molecule has 1 heterocycles. The Morgan fingerprint density at radius 3 is 2.42 bits per heavy atom. The van der Waals surface area contributed by atoms with Crippen molar-refractivity contribution in [3.63, 3.8) is 0 Å². The van der Waals surface area contributed by atoms with Crippen LogP contribution in [0, 0.1) is 11.6 Å². The summed E-state index contributed by atoms with van der Waals surface area (Å²) < 4.78 is 75.8. The third kappa shape index (κ3) is 6.88. The number of nitrogens with zero attached hydrogens (tertiary/aromatic N) is 1. The molecule has 0 spiro atoms. The molecule has 0 aliphatic rings. The highest BCUT2D eigenvalue weighted by Crippen LogP contribution is 2.34. The predicted molar refractivity (Wildman–Crippen MR) is 140 cm³/mol. The molecule has 0 saturated carbocycles. The molecule has 0 radical (unpaired) electrons. The van der Waals surface area contributed by atoms with Gasteiger partial charge in [-0.15, -0.1) is 0 Å². The van der Waals surface area contributed by atoms with E-state index in [-0.39, 0.29) is 22.5 Å². The number of anilines is 2. The summed E-state index contributed by atoms with van der Waals surface area (Å²) in [6, 6.07) is 6.91. The van der Waals surface area contributed by atoms with Crippen molar-refractivity contribution in [2.24, 2.45) is 0 Å². The maximum absolute atomic E-state index is 14.5. The number of rotatable bonds is 9. The van der Waals surface area contributed by atoms with Crippen LogP contribution in [0.1, 0.15) is 32.0 Å². The van der Waals surface area contributed by atoms with Crippen LogP contribution in [0.15, 0.2) is 47.1 Å². The van der Waals surface area contributed by atoms with Crippen molar-refractivity contribution in [2.75, 3.05) is 17.7 Å². The van der Waals surface area contributed by atoms with Crippen molar-refractivity contribution in [1.82, 2.24) is 4.57 Å². The summed E-state index contributed by atoms with van der Waals surface area (Å²) in [4.78, 5) is 26.2. The van der Waals surface area contributed by atoms with E-state index in [4.69, 9.17) is 10.5 Å². The van der Waals surface area contributed by atoms with Gasteiger partial charge >= 0.3 is 6.18 Å². The van der Waals surface area contributed by atoms with Gasteiger partial charge < -0.3 is 20.4 Å². The molecule has 6 nitrogen and oxygen atoms in total. The van der Waals surface area contributed by atoms with Gasteiger partial charge in [-0.3, -0.25) is 9.59 Å². The van der Waals surface area contributed by atoms with Crippen LogP contribution in [0.5, 0.6) is 0 Å². The Morgan fingerprint density at radius 1 is 1.13 bits per heavy atom. The SMILES string of the molecule is C[Si](C)(C)CCOCn1cc(C(=O)c2ccccc2C(F)(F)F)cc1C(=O)Nc1c(F)cc(Br)c(F)c1N. The average molecular weight is 618 g/mol. The van der Waals surface area contributed by atoms with Gasteiger partial charge in [-0.25, -0.2) is 8.78 Å². The lowest BCUT2D eigenvalue weighted by atomic mass is 9.99. The molecule has 3 rings (SSSR count). The molecule has 0 aliphatic carbocycles. The molecule has 0 aliphatic heterocycles. The number of hydrogen-bond donors (Lipinski definition) is 2. The molecule has 0 bridgehead atoms. The van der Waals surface area contributed by atoms with E-state index in [1.807, 2.05) is 0 Å². The Morgan fingerprint density at radius 2 is 1.79 bits per heavy atom. The molecule has 0 unspecified atom stereocenters. The highest BCUT2D eigenvalue weighted by Gasteiger charge is 2.35.